The van der Waals surface area contributed by atoms with Gasteiger partial charge in [-0.15, -0.1) is 0 Å². The lowest BCUT2D eigenvalue weighted by atomic mass is 10.1. The van der Waals surface area contributed by atoms with Crippen molar-refractivity contribution in [1.82, 2.24) is 10.3 Å². The first-order valence-corrected chi connectivity index (χ1v) is 6.40. The summed E-state index contributed by atoms with van der Waals surface area (Å²) in [5.41, 5.74) is 3.09. The van der Waals surface area contributed by atoms with Gasteiger partial charge in [0.1, 0.15) is 5.58 Å². The monoisotopic (exact) mass is 266 g/mol. The molecule has 1 N–H and O–H groups in total. The van der Waals surface area contributed by atoms with Crippen molar-refractivity contribution in [3.8, 4) is 0 Å². The topological polar surface area (TPSA) is 55.1 Å². The molecule has 0 unspecified atom stereocenters. The highest BCUT2D eigenvalue weighted by atomic mass is 16.3. The van der Waals surface area contributed by atoms with Crippen LogP contribution in [0.3, 0.4) is 0 Å². The molecule has 2 heterocycles. The summed E-state index contributed by atoms with van der Waals surface area (Å²) in [5.74, 6) is -0.157. The Kier molecular flexibility index (Phi) is 3.21. The molecule has 0 saturated carbocycles. The number of amides is 1. The van der Waals surface area contributed by atoms with E-state index in [1.54, 1.807) is 18.5 Å². The number of hydrogen-bond donors (Lipinski definition) is 1. The molecule has 4 heteroatoms. The molecule has 0 aliphatic carbocycles. The second kappa shape index (κ2) is 5.17. The molecule has 0 spiro atoms. The zero-order valence-electron chi connectivity index (χ0n) is 11.1. The number of aryl methyl sites for hydroxylation is 1. The Morgan fingerprint density at radius 3 is 2.95 bits per heavy atom. The number of hydrogen-bond acceptors (Lipinski definition) is 3. The van der Waals surface area contributed by atoms with Crippen molar-refractivity contribution in [2.75, 3.05) is 0 Å². The predicted octanol–water partition coefficient (Wildman–Crippen LogP) is 3.07. The van der Waals surface area contributed by atoms with Crippen LogP contribution in [0.1, 0.15) is 21.6 Å². The number of nitrogens with zero attached hydrogens (tertiary/aromatic N) is 1. The van der Waals surface area contributed by atoms with E-state index in [1.807, 2.05) is 37.3 Å². The lowest BCUT2D eigenvalue weighted by molar-refractivity contribution is 0.0951. The summed E-state index contributed by atoms with van der Waals surface area (Å²) in [5, 5.41) is 3.82. The standard InChI is InChI=1S/C16H14N2O2/c1-11-5-6-14(15-13(11)7-9-20-15)16(19)18-10-12-4-2-3-8-17-12/h2-9H,10H2,1H3,(H,18,19). The Labute approximate surface area is 116 Å². The summed E-state index contributed by atoms with van der Waals surface area (Å²) in [6.07, 6.45) is 3.31. The summed E-state index contributed by atoms with van der Waals surface area (Å²) in [4.78, 5) is 16.4. The van der Waals surface area contributed by atoms with Crippen LogP contribution in [0.4, 0.5) is 0 Å². The number of carbonyl (C=O) groups excluding carboxylic acids is 1. The maximum Gasteiger partial charge on any atom is 0.255 e. The minimum absolute atomic E-state index is 0.157. The van der Waals surface area contributed by atoms with Gasteiger partial charge in [-0.3, -0.25) is 9.78 Å². The van der Waals surface area contributed by atoms with Crippen LogP contribution in [-0.2, 0) is 6.54 Å². The van der Waals surface area contributed by atoms with Crippen molar-refractivity contribution in [1.29, 1.82) is 0 Å². The third-order valence-corrected chi connectivity index (χ3v) is 3.24. The van der Waals surface area contributed by atoms with Crippen molar-refractivity contribution >= 4 is 16.9 Å². The highest BCUT2D eigenvalue weighted by molar-refractivity contribution is 6.05. The number of rotatable bonds is 3. The molecule has 3 rings (SSSR count). The summed E-state index contributed by atoms with van der Waals surface area (Å²) >= 11 is 0. The molecule has 20 heavy (non-hydrogen) atoms. The number of benzene rings is 1. The van der Waals surface area contributed by atoms with Crippen molar-refractivity contribution in [2.45, 2.75) is 13.5 Å². The van der Waals surface area contributed by atoms with Crippen LogP contribution in [0.2, 0.25) is 0 Å². The second-order valence-electron chi connectivity index (χ2n) is 4.60. The summed E-state index contributed by atoms with van der Waals surface area (Å²) in [6, 6.07) is 11.2. The molecule has 0 atom stereocenters. The Bertz CT molecular complexity index is 748. The Balaban J connectivity index is 1.83. The molecule has 0 radical (unpaired) electrons. The van der Waals surface area contributed by atoms with Crippen LogP contribution in [0.25, 0.3) is 11.0 Å². The molecule has 2 aromatic heterocycles. The lowest BCUT2D eigenvalue weighted by Crippen LogP contribution is -2.23. The smallest absolute Gasteiger partial charge is 0.255 e. The van der Waals surface area contributed by atoms with Crippen molar-refractivity contribution in [3.05, 3.63) is 65.7 Å². The highest BCUT2D eigenvalue weighted by Crippen LogP contribution is 2.23. The quantitative estimate of drug-likeness (QED) is 0.792. The molecule has 0 aliphatic rings. The first-order chi connectivity index (χ1) is 9.75. The maximum absolute atomic E-state index is 12.2. The third kappa shape index (κ3) is 2.28. The first kappa shape index (κ1) is 12.4. The van der Waals surface area contributed by atoms with Gasteiger partial charge >= 0.3 is 0 Å². The molecular weight excluding hydrogens is 252 g/mol. The van der Waals surface area contributed by atoms with Gasteiger partial charge in [0.05, 0.1) is 24.1 Å². The molecule has 100 valence electrons. The van der Waals surface area contributed by atoms with Gasteiger partial charge in [-0.25, -0.2) is 0 Å². The number of pyridine rings is 1. The molecule has 3 aromatic rings. The van der Waals surface area contributed by atoms with Crippen LogP contribution < -0.4 is 5.32 Å². The number of carbonyl (C=O) groups is 1. The second-order valence-corrected chi connectivity index (χ2v) is 4.60. The van der Waals surface area contributed by atoms with Gasteiger partial charge in [0, 0.05) is 11.6 Å². The van der Waals surface area contributed by atoms with Gasteiger partial charge in [-0.05, 0) is 36.8 Å². The van der Waals surface area contributed by atoms with Crippen molar-refractivity contribution in [3.63, 3.8) is 0 Å². The third-order valence-electron chi connectivity index (χ3n) is 3.24. The average Bonchev–Trinajstić information content (AvgIpc) is 2.96. The number of furan rings is 1. The van der Waals surface area contributed by atoms with Crippen LogP contribution in [-0.4, -0.2) is 10.9 Å². The molecule has 1 amide bonds. The van der Waals surface area contributed by atoms with Gasteiger partial charge in [-0.2, -0.15) is 0 Å². The highest BCUT2D eigenvalue weighted by Gasteiger charge is 2.13. The minimum atomic E-state index is -0.157. The Morgan fingerprint density at radius 2 is 2.15 bits per heavy atom. The zero-order valence-corrected chi connectivity index (χ0v) is 11.1. The van der Waals surface area contributed by atoms with E-state index in [1.165, 1.54) is 0 Å². The van der Waals surface area contributed by atoms with E-state index in [2.05, 4.69) is 10.3 Å². The van der Waals surface area contributed by atoms with Gasteiger partial charge in [0.2, 0.25) is 0 Å². The van der Waals surface area contributed by atoms with Gasteiger partial charge in [0.25, 0.3) is 5.91 Å². The van der Waals surface area contributed by atoms with E-state index in [-0.39, 0.29) is 5.91 Å². The molecule has 4 nitrogen and oxygen atoms in total. The first-order valence-electron chi connectivity index (χ1n) is 6.40. The normalized spacial score (nSPS) is 10.7. The molecule has 0 bridgehead atoms. The summed E-state index contributed by atoms with van der Waals surface area (Å²) < 4.78 is 5.43. The van der Waals surface area contributed by atoms with E-state index in [0.29, 0.717) is 17.7 Å². The van der Waals surface area contributed by atoms with Crippen molar-refractivity contribution < 1.29 is 9.21 Å². The van der Waals surface area contributed by atoms with E-state index in [4.69, 9.17) is 4.42 Å². The van der Waals surface area contributed by atoms with E-state index in [9.17, 15) is 4.79 Å². The van der Waals surface area contributed by atoms with Gasteiger partial charge in [-0.1, -0.05) is 12.1 Å². The number of nitrogens with one attached hydrogen (secondary N) is 1. The summed E-state index contributed by atoms with van der Waals surface area (Å²) in [6.45, 7) is 2.39. The molecule has 0 aliphatic heterocycles. The minimum Gasteiger partial charge on any atom is -0.463 e. The van der Waals surface area contributed by atoms with Gasteiger partial charge < -0.3 is 9.73 Å². The van der Waals surface area contributed by atoms with E-state index < -0.39 is 0 Å². The summed E-state index contributed by atoms with van der Waals surface area (Å²) in [7, 11) is 0. The maximum atomic E-state index is 12.2. The van der Waals surface area contributed by atoms with Crippen LogP contribution >= 0.6 is 0 Å². The Hall–Kier alpha value is -2.62. The lowest BCUT2D eigenvalue weighted by Gasteiger charge is -2.06. The largest absolute Gasteiger partial charge is 0.463 e. The predicted molar refractivity (Wildman–Crippen MR) is 76.4 cm³/mol. The fraction of sp³-hybridized carbons (Fsp3) is 0.125. The molecule has 0 saturated heterocycles. The zero-order chi connectivity index (χ0) is 13.9. The fourth-order valence-electron chi connectivity index (χ4n) is 2.15. The van der Waals surface area contributed by atoms with Gasteiger partial charge in [0.15, 0.2) is 0 Å². The molecule has 0 fully saturated rings. The number of fused-ring (bicyclic) bond motifs is 1. The Morgan fingerprint density at radius 1 is 1.25 bits per heavy atom. The molecular formula is C16H14N2O2. The van der Waals surface area contributed by atoms with Crippen molar-refractivity contribution in [2.24, 2.45) is 0 Å². The van der Waals surface area contributed by atoms with Crippen LogP contribution in [0.5, 0.6) is 0 Å². The average molecular weight is 266 g/mol. The van der Waals surface area contributed by atoms with E-state index >= 15 is 0 Å². The molecule has 1 aromatic carbocycles. The number of aromatic nitrogens is 1. The van der Waals surface area contributed by atoms with E-state index in [0.717, 1.165) is 16.6 Å². The fourth-order valence-corrected chi connectivity index (χ4v) is 2.15. The van der Waals surface area contributed by atoms with Crippen LogP contribution in [0.15, 0.2) is 53.3 Å². The SMILES string of the molecule is Cc1ccc(C(=O)NCc2ccccn2)c2occc12. The van der Waals surface area contributed by atoms with Crippen LogP contribution in [0, 0.1) is 6.92 Å².